The quantitative estimate of drug-likeness (QED) is 0.679. The van der Waals surface area contributed by atoms with Crippen molar-refractivity contribution >= 4 is 53.4 Å². The molecule has 33 heavy (non-hydrogen) atoms. The fourth-order valence-corrected chi connectivity index (χ4v) is 6.15. The Hall–Kier alpha value is -1.25. The Morgan fingerprint density at radius 3 is 2.33 bits per heavy atom. The largest absolute Gasteiger partial charge is 0.336 e. The molecule has 9 heteroatoms. The summed E-state index contributed by atoms with van der Waals surface area (Å²) in [5, 5.41) is 1.04. The first-order valence-corrected chi connectivity index (χ1v) is 12.8. The zero-order chi connectivity index (χ0) is 21.2. The Morgan fingerprint density at radius 1 is 0.909 bits per heavy atom. The molecule has 0 atom stereocenters. The van der Waals surface area contributed by atoms with Crippen molar-refractivity contribution in [1.82, 2.24) is 19.7 Å². The normalized spacial score (nSPS) is 19.5. The highest BCUT2D eigenvalue weighted by molar-refractivity contribution is 7.98. The number of amides is 1. The maximum atomic E-state index is 13.2. The summed E-state index contributed by atoms with van der Waals surface area (Å²) in [5.74, 6) is 1.91. The highest BCUT2D eigenvalue weighted by atomic mass is 35.5. The second-order valence-corrected chi connectivity index (χ2v) is 10.1. The van der Waals surface area contributed by atoms with Crippen LogP contribution < -0.4 is 5.56 Å². The lowest BCUT2D eigenvalue weighted by molar-refractivity contribution is 0.0619. The van der Waals surface area contributed by atoms with E-state index in [0.29, 0.717) is 0 Å². The van der Waals surface area contributed by atoms with Crippen LogP contribution in [0.15, 0.2) is 23.0 Å². The van der Waals surface area contributed by atoms with Crippen LogP contribution in [0.3, 0.4) is 0 Å². The highest BCUT2D eigenvalue weighted by Gasteiger charge is 2.24. The van der Waals surface area contributed by atoms with Gasteiger partial charge in [-0.25, -0.2) is 0 Å². The number of hydrogen-bond donors (Lipinski definition) is 1. The van der Waals surface area contributed by atoms with Gasteiger partial charge in [0.1, 0.15) is 0 Å². The number of hydrogen-bond acceptors (Lipinski definition) is 5. The third kappa shape index (κ3) is 5.88. The number of aromatic amines is 1. The first-order valence-electron chi connectivity index (χ1n) is 11.7. The van der Waals surface area contributed by atoms with Gasteiger partial charge in [0.2, 0.25) is 0 Å². The Kier molecular flexibility index (Phi) is 9.53. The lowest BCUT2D eigenvalue weighted by Gasteiger charge is -2.36. The van der Waals surface area contributed by atoms with Gasteiger partial charge in [0, 0.05) is 67.1 Å². The summed E-state index contributed by atoms with van der Waals surface area (Å²) >= 11 is 1.80. The van der Waals surface area contributed by atoms with Crippen LogP contribution in [0, 0.1) is 0 Å². The minimum atomic E-state index is 0. The zero-order valence-electron chi connectivity index (χ0n) is 19.0. The molecule has 0 radical (unpaired) electrons. The van der Waals surface area contributed by atoms with Crippen LogP contribution in [0.5, 0.6) is 0 Å². The number of aromatic nitrogens is 1. The second-order valence-electron chi connectivity index (χ2n) is 9.01. The summed E-state index contributed by atoms with van der Waals surface area (Å²) in [6.45, 7) is 8.23. The summed E-state index contributed by atoms with van der Waals surface area (Å²) in [7, 11) is 0. The molecule has 182 valence electrons. The lowest BCUT2D eigenvalue weighted by Crippen LogP contribution is -2.50. The van der Waals surface area contributed by atoms with Crippen molar-refractivity contribution in [3.63, 3.8) is 0 Å². The summed E-state index contributed by atoms with van der Waals surface area (Å²) in [6.07, 6.45) is 4.95. The molecule has 5 rings (SSSR count). The third-order valence-electron chi connectivity index (χ3n) is 7.06. The van der Waals surface area contributed by atoms with E-state index in [4.69, 9.17) is 0 Å². The number of piperazine rings is 1. The highest BCUT2D eigenvalue weighted by Crippen LogP contribution is 2.28. The summed E-state index contributed by atoms with van der Waals surface area (Å²) < 4.78 is 0. The van der Waals surface area contributed by atoms with Crippen molar-refractivity contribution in [3.05, 3.63) is 45.2 Å². The van der Waals surface area contributed by atoms with E-state index >= 15 is 0 Å². The van der Waals surface area contributed by atoms with Gasteiger partial charge in [-0.15, -0.1) is 24.8 Å². The fraction of sp³-hybridized carbons (Fsp3) is 0.583. The van der Waals surface area contributed by atoms with Gasteiger partial charge in [-0.2, -0.15) is 11.8 Å². The number of pyridine rings is 1. The van der Waals surface area contributed by atoms with Crippen LogP contribution in [-0.2, 0) is 12.2 Å². The van der Waals surface area contributed by atoms with Crippen molar-refractivity contribution in [3.8, 4) is 0 Å². The minimum Gasteiger partial charge on any atom is -0.336 e. The van der Waals surface area contributed by atoms with E-state index in [9.17, 15) is 9.59 Å². The van der Waals surface area contributed by atoms with Gasteiger partial charge >= 0.3 is 0 Å². The van der Waals surface area contributed by atoms with Gasteiger partial charge in [0.15, 0.2) is 0 Å². The number of carbonyl (C=O) groups is 1. The molecule has 0 saturated carbocycles. The average molecular weight is 514 g/mol. The molecule has 2 saturated heterocycles. The summed E-state index contributed by atoms with van der Waals surface area (Å²) in [4.78, 5) is 35.7. The SMILES string of the molecule is Cl.Cl.O=C(c1ccc2[nH]c(=O)c3c(c2c1)CCSC3)N1CCN(CCN2CCCCC2)CC1. The number of rotatable bonds is 4. The van der Waals surface area contributed by atoms with E-state index in [1.54, 1.807) is 11.8 Å². The third-order valence-corrected chi connectivity index (χ3v) is 8.05. The molecule has 3 aliphatic heterocycles. The van der Waals surface area contributed by atoms with E-state index in [2.05, 4.69) is 14.8 Å². The maximum Gasteiger partial charge on any atom is 0.253 e. The van der Waals surface area contributed by atoms with Crippen LogP contribution in [0.4, 0.5) is 0 Å². The maximum absolute atomic E-state index is 13.2. The number of benzene rings is 1. The van der Waals surface area contributed by atoms with Crippen LogP contribution in [-0.4, -0.2) is 83.7 Å². The van der Waals surface area contributed by atoms with Crippen LogP contribution in [0.25, 0.3) is 10.9 Å². The predicted octanol–water partition coefficient (Wildman–Crippen LogP) is 3.40. The molecule has 0 bridgehead atoms. The number of nitrogens with zero attached hydrogens (tertiary/aromatic N) is 3. The molecule has 3 aliphatic rings. The summed E-state index contributed by atoms with van der Waals surface area (Å²) in [6, 6.07) is 5.78. The Balaban J connectivity index is 0.00000153. The number of nitrogens with one attached hydrogen (secondary N) is 1. The molecule has 0 spiro atoms. The molecule has 2 fully saturated rings. The van der Waals surface area contributed by atoms with Crippen molar-refractivity contribution in [2.45, 2.75) is 31.4 Å². The predicted molar refractivity (Wildman–Crippen MR) is 142 cm³/mol. The molecular weight excluding hydrogens is 479 g/mol. The number of halogens is 2. The number of H-pyrrole nitrogens is 1. The summed E-state index contributed by atoms with van der Waals surface area (Å²) in [5.41, 5.74) is 3.62. The average Bonchev–Trinajstić information content (AvgIpc) is 2.83. The molecule has 6 nitrogen and oxygen atoms in total. The van der Waals surface area contributed by atoms with Gasteiger partial charge in [-0.1, -0.05) is 6.42 Å². The second kappa shape index (κ2) is 11.9. The molecule has 1 aromatic carbocycles. The first-order chi connectivity index (χ1) is 15.2. The lowest BCUT2D eigenvalue weighted by atomic mass is 9.99. The number of carbonyl (C=O) groups excluding carboxylic acids is 1. The van der Waals surface area contributed by atoms with Crippen LogP contribution >= 0.6 is 36.6 Å². The zero-order valence-corrected chi connectivity index (χ0v) is 21.5. The Labute approximate surface area is 212 Å². The van der Waals surface area contributed by atoms with Crippen LogP contribution in [0.1, 0.15) is 40.7 Å². The molecule has 1 N–H and O–H groups in total. The smallest absolute Gasteiger partial charge is 0.253 e. The minimum absolute atomic E-state index is 0. The number of thioether (sulfide) groups is 1. The van der Waals surface area contributed by atoms with Gasteiger partial charge in [-0.3, -0.25) is 14.5 Å². The molecule has 4 heterocycles. The number of likely N-dealkylation sites (tertiary alicyclic amines) is 1. The number of fused-ring (bicyclic) bond motifs is 3. The Morgan fingerprint density at radius 2 is 1.61 bits per heavy atom. The van der Waals surface area contributed by atoms with Gasteiger partial charge in [-0.05, 0) is 61.9 Å². The van der Waals surface area contributed by atoms with Gasteiger partial charge in [0.25, 0.3) is 11.5 Å². The van der Waals surface area contributed by atoms with E-state index in [-0.39, 0.29) is 36.3 Å². The van der Waals surface area contributed by atoms with Crippen LogP contribution in [0.2, 0.25) is 0 Å². The van der Waals surface area contributed by atoms with Gasteiger partial charge < -0.3 is 14.8 Å². The van der Waals surface area contributed by atoms with Crippen molar-refractivity contribution in [2.24, 2.45) is 0 Å². The van der Waals surface area contributed by atoms with E-state index in [1.807, 2.05) is 23.1 Å². The fourth-order valence-electron chi connectivity index (χ4n) is 5.14. The van der Waals surface area contributed by atoms with Crippen molar-refractivity contribution in [2.75, 3.05) is 58.1 Å². The number of aryl methyl sites for hydroxylation is 1. The van der Waals surface area contributed by atoms with Crippen molar-refractivity contribution < 1.29 is 4.79 Å². The van der Waals surface area contributed by atoms with E-state index < -0.39 is 0 Å². The molecule has 1 aromatic heterocycles. The van der Waals surface area contributed by atoms with E-state index in [0.717, 1.165) is 84.8 Å². The molecule has 2 aromatic rings. The first kappa shape index (κ1) is 26.4. The number of piperidine rings is 1. The molecule has 1 amide bonds. The molecule has 0 unspecified atom stereocenters. The van der Waals surface area contributed by atoms with E-state index in [1.165, 1.54) is 32.4 Å². The van der Waals surface area contributed by atoms with Crippen molar-refractivity contribution in [1.29, 1.82) is 0 Å². The van der Waals surface area contributed by atoms with Gasteiger partial charge in [0.05, 0.1) is 0 Å². The monoisotopic (exact) mass is 512 g/mol. The Bertz CT molecular complexity index is 1020. The standard InChI is InChI=1S/C24H32N4O2S.2ClH/c29-23-21-17-31-15-6-19(21)20-16-18(4-5-22(20)25-23)24(30)28-13-11-27(12-14-28)10-9-26-7-2-1-3-8-26;;/h4-5,16H,1-3,6-15,17H2,(H,25,29);2*1H. The molecule has 0 aliphatic carbocycles. The molecular formula is C24H34Cl2N4O2S. The topological polar surface area (TPSA) is 59.7 Å².